The molecule has 0 saturated carbocycles. The normalized spacial score (nSPS) is 10.2. The van der Waals surface area contributed by atoms with Gasteiger partial charge in [0.25, 0.3) is 0 Å². The SMILES string of the molecule is CNS(=O)(=O)CCl.[NaH]. The van der Waals surface area contributed by atoms with Gasteiger partial charge in [0.2, 0.25) is 10.0 Å². The topological polar surface area (TPSA) is 46.2 Å². The molecule has 0 amide bonds. The Bertz CT molecular complexity index is 123. The number of halogens is 1. The van der Waals surface area contributed by atoms with Crippen LogP contribution in [0.5, 0.6) is 0 Å². The van der Waals surface area contributed by atoms with Crippen molar-refractivity contribution in [2.24, 2.45) is 0 Å². The minimum absolute atomic E-state index is 0. The van der Waals surface area contributed by atoms with Crippen LogP contribution in [0.1, 0.15) is 0 Å². The summed E-state index contributed by atoms with van der Waals surface area (Å²) in [6.45, 7) is 0. The predicted octanol–water partition coefficient (Wildman–Crippen LogP) is -0.917. The van der Waals surface area contributed by atoms with E-state index in [-0.39, 0.29) is 34.8 Å². The number of hydrogen-bond donors (Lipinski definition) is 1. The number of alkyl halides is 1. The van der Waals surface area contributed by atoms with Gasteiger partial charge in [-0.25, -0.2) is 13.1 Å². The summed E-state index contributed by atoms with van der Waals surface area (Å²) in [5.41, 5.74) is 0. The third-order valence-electron chi connectivity index (χ3n) is 0.455. The van der Waals surface area contributed by atoms with Crippen molar-refractivity contribution in [3.8, 4) is 0 Å². The molecule has 0 bridgehead atoms. The Morgan fingerprint density at radius 3 is 2.00 bits per heavy atom. The molecule has 0 unspecified atom stereocenters. The fraction of sp³-hybridized carbons (Fsp3) is 1.00. The molecule has 0 spiro atoms. The van der Waals surface area contributed by atoms with Crippen LogP contribution < -0.4 is 4.72 Å². The molecule has 46 valence electrons. The van der Waals surface area contributed by atoms with Crippen LogP contribution in [0.25, 0.3) is 0 Å². The van der Waals surface area contributed by atoms with E-state index in [9.17, 15) is 8.42 Å². The number of nitrogens with one attached hydrogen (secondary N) is 1. The molecule has 1 N–H and O–H groups in total. The summed E-state index contributed by atoms with van der Waals surface area (Å²) in [4.78, 5) is 0. The Morgan fingerprint density at radius 2 is 2.00 bits per heavy atom. The number of rotatable bonds is 2. The van der Waals surface area contributed by atoms with E-state index < -0.39 is 10.0 Å². The predicted molar refractivity (Wildman–Crippen MR) is 35.8 cm³/mol. The molecule has 8 heavy (non-hydrogen) atoms. The molecular weight excluding hydrogens is 161 g/mol. The summed E-state index contributed by atoms with van der Waals surface area (Å²) < 4.78 is 22.3. The molecule has 6 heteroatoms. The molecule has 0 saturated heterocycles. The maximum atomic E-state index is 10.1. The van der Waals surface area contributed by atoms with Crippen LogP contribution in [0.4, 0.5) is 0 Å². The molecule has 3 nitrogen and oxygen atoms in total. The molecule has 0 radical (unpaired) electrons. The van der Waals surface area contributed by atoms with Gasteiger partial charge in [-0.2, -0.15) is 0 Å². The molecule has 0 aromatic heterocycles. The van der Waals surface area contributed by atoms with Gasteiger partial charge in [0.15, 0.2) is 0 Å². The first-order valence-corrected chi connectivity index (χ1v) is 3.78. The van der Waals surface area contributed by atoms with Crippen molar-refractivity contribution in [2.75, 3.05) is 12.3 Å². The fourth-order valence-corrected chi connectivity index (χ4v) is 0.491. The second kappa shape index (κ2) is 5.02. The van der Waals surface area contributed by atoms with E-state index >= 15 is 0 Å². The van der Waals surface area contributed by atoms with E-state index in [1.54, 1.807) is 0 Å². The summed E-state index contributed by atoms with van der Waals surface area (Å²) in [5.74, 6) is 0. The molecular formula is C2H7ClNNaO2S. The van der Waals surface area contributed by atoms with E-state index in [0.717, 1.165) is 0 Å². The average molecular weight is 168 g/mol. The summed E-state index contributed by atoms with van der Waals surface area (Å²) in [6.07, 6.45) is 0. The summed E-state index contributed by atoms with van der Waals surface area (Å²) in [5, 5.41) is -0.372. The van der Waals surface area contributed by atoms with Crippen LogP contribution >= 0.6 is 11.6 Å². The number of hydrogen-bond acceptors (Lipinski definition) is 2. The van der Waals surface area contributed by atoms with Crippen molar-refractivity contribution < 1.29 is 8.42 Å². The third kappa shape index (κ3) is 5.34. The molecule has 0 aromatic rings. The van der Waals surface area contributed by atoms with Crippen LogP contribution in [0.15, 0.2) is 0 Å². The first-order chi connectivity index (χ1) is 3.12. The van der Waals surface area contributed by atoms with Crippen molar-refractivity contribution in [2.45, 2.75) is 0 Å². The molecule has 0 aliphatic heterocycles. The standard InChI is InChI=1S/C2H6ClNO2S.Na.H/c1-4-7(5,6)2-3;;/h4H,2H2,1H3;;. The second-order valence-electron chi connectivity index (χ2n) is 0.928. The zero-order valence-corrected chi connectivity index (χ0v) is 5.38. The summed E-state index contributed by atoms with van der Waals surface area (Å²) in [7, 11) is -1.82. The summed E-state index contributed by atoms with van der Waals surface area (Å²) >= 11 is 4.94. The van der Waals surface area contributed by atoms with Crippen LogP contribution in [0, 0.1) is 0 Å². The van der Waals surface area contributed by atoms with Crippen molar-refractivity contribution >= 4 is 51.2 Å². The monoisotopic (exact) mass is 167 g/mol. The Kier molecular flexibility index (Phi) is 7.49. The average Bonchev–Trinajstić information content (AvgIpc) is 1.68. The van der Waals surface area contributed by atoms with E-state index in [0.29, 0.717) is 0 Å². The molecule has 0 aliphatic carbocycles. The Labute approximate surface area is 76.1 Å². The Balaban J connectivity index is 0. The fourth-order valence-electron chi connectivity index (χ4n) is 0.0546. The van der Waals surface area contributed by atoms with Gasteiger partial charge in [-0.05, 0) is 7.05 Å². The van der Waals surface area contributed by atoms with Gasteiger partial charge < -0.3 is 0 Å². The third-order valence-corrected chi connectivity index (χ3v) is 2.23. The minimum atomic E-state index is -3.14. The van der Waals surface area contributed by atoms with Crippen molar-refractivity contribution in [1.29, 1.82) is 0 Å². The van der Waals surface area contributed by atoms with Crippen LogP contribution in [-0.2, 0) is 10.0 Å². The molecule has 0 aromatic carbocycles. The van der Waals surface area contributed by atoms with Gasteiger partial charge in [-0.3, -0.25) is 0 Å². The molecule has 0 rings (SSSR count). The first-order valence-electron chi connectivity index (χ1n) is 1.59. The quantitative estimate of drug-likeness (QED) is 0.427. The van der Waals surface area contributed by atoms with Crippen LogP contribution in [0.3, 0.4) is 0 Å². The molecule has 0 atom stereocenters. The van der Waals surface area contributed by atoms with Crippen LogP contribution in [0.2, 0.25) is 0 Å². The molecule has 0 aliphatic rings. The van der Waals surface area contributed by atoms with Gasteiger partial charge in [-0.15, -0.1) is 11.6 Å². The maximum absolute atomic E-state index is 10.1. The van der Waals surface area contributed by atoms with E-state index in [1.807, 2.05) is 4.72 Å². The van der Waals surface area contributed by atoms with E-state index in [4.69, 9.17) is 11.6 Å². The van der Waals surface area contributed by atoms with Gasteiger partial charge >= 0.3 is 29.6 Å². The van der Waals surface area contributed by atoms with Gasteiger partial charge in [-0.1, -0.05) is 0 Å². The first kappa shape index (κ1) is 11.9. The Hall–Kier alpha value is 1.20. The second-order valence-corrected chi connectivity index (χ2v) is 3.44. The van der Waals surface area contributed by atoms with Gasteiger partial charge in [0, 0.05) is 0 Å². The van der Waals surface area contributed by atoms with Crippen molar-refractivity contribution in [3.63, 3.8) is 0 Å². The van der Waals surface area contributed by atoms with Gasteiger partial charge in [0.1, 0.15) is 5.21 Å². The Morgan fingerprint density at radius 1 is 1.62 bits per heavy atom. The van der Waals surface area contributed by atoms with Crippen molar-refractivity contribution in [3.05, 3.63) is 0 Å². The number of sulfonamides is 1. The molecule has 0 heterocycles. The zero-order chi connectivity index (χ0) is 5.91. The van der Waals surface area contributed by atoms with E-state index in [1.165, 1.54) is 7.05 Å². The zero-order valence-electron chi connectivity index (χ0n) is 3.81. The van der Waals surface area contributed by atoms with Crippen molar-refractivity contribution in [1.82, 2.24) is 4.72 Å². The molecule has 0 fully saturated rings. The van der Waals surface area contributed by atoms with Crippen LogP contribution in [-0.4, -0.2) is 50.2 Å². The summed E-state index contributed by atoms with van der Waals surface area (Å²) in [6, 6.07) is 0. The van der Waals surface area contributed by atoms with E-state index in [2.05, 4.69) is 0 Å². The van der Waals surface area contributed by atoms with Gasteiger partial charge in [0.05, 0.1) is 0 Å².